The molecular weight excluding hydrogens is 162 g/mol. The molecular formula is C11H11NO. The van der Waals surface area contributed by atoms with E-state index in [0.717, 1.165) is 11.3 Å². The van der Waals surface area contributed by atoms with E-state index in [1.54, 1.807) is 6.26 Å². The van der Waals surface area contributed by atoms with Gasteiger partial charge in [-0.1, -0.05) is 12.1 Å². The Morgan fingerprint density at radius 2 is 2.00 bits per heavy atom. The fraction of sp³-hybridized carbons (Fsp3) is 0.182. The Morgan fingerprint density at radius 3 is 2.62 bits per heavy atom. The van der Waals surface area contributed by atoms with Gasteiger partial charge in [-0.25, -0.2) is 4.98 Å². The smallest absolute Gasteiger partial charge is 0.181 e. The second-order valence-electron chi connectivity index (χ2n) is 3.17. The number of aryl methyl sites for hydroxylation is 2. The minimum Gasteiger partial charge on any atom is -0.451 e. The molecule has 0 spiro atoms. The van der Waals surface area contributed by atoms with Gasteiger partial charge in [0.1, 0.15) is 12.0 Å². The molecule has 0 aliphatic carbocycles. The van der Waals surface area contributed by atoms with Crippen molar-refractivity contribution in [2.24, 2.45) is 0 Å². The number of nitrogens with zero attached hydrogens (tertiary/aromatic N) is 1. The van der Waals surface area contributed by atoms with Gasteiger partial charge in [0.05, 0.1) is 0 Å². The lowest BCUT2D eigenvalue weighted by Gasteiger charge is -2.01. The van der Waals surface area contributed by atoms with E-state index in [2.05, 4.69) is 37.0 Å². The van der Waals surface area contributed by atoms with Crippen LogP contribution in [0.1, 0.15) is 11.1 Å². The van der Waals surface area contributed by atoms with Crippen molar-refractivity contribution in [1.82, 2.24) is 4.98 Å². The van der Waals surface area contributed by atoms with E-state index in [-0.39, 0.29) is 0 Å². The van der Waals surface area contributed by atoms with Crippen molar-refractivity contribution >= 4 is 0 Å². The SMILES string of the molecule is Cc1ccc(-c2cocn2)cc1C. The van der Waals surface area contributed by atoms with Crippen LogP contribution in [0, 0.1) is 13.8 Å². The zero-order valence-electron chi connectivity index (χ0n) is 7.74. The second kappa shape index (κ2) is 3.05. The van der Waals surface area contributed by atoms with E-state index in [0.29, 0.717) is 0 Å². The Labute approximate surface area is 77.2 Å². The maximum atomic E-state index is 4.93. The van der Waals surface area contributed by atoms with Crippen LogP contribution in [0.3, 0.4) is 0 Å². The summed E-state index contributed by atoms with van der Waals surface area (Å²) < 4.78 is 4.93. The molecule has 13 heavy (non-hydrogen) atoms. The third-order valence-corrected chi connectivity index (χ3v) is 2.23. The van der Waals surface area contributed by atoms with Gasteiger partial charge in [-0.15, -0.1) is 0 Å². The minimum absolute atomic E-state index is 0.892. The second-order valence-corrected chi connectivity index (χ2v) is 3.17. The molecule has 0 saturated heterocycles. The molecule has 0 atom stereocenters. The Hall–Kier alpha value is -1.57. The maximum Gasteiger partial charge on any atom is 0.181 e. The molecule has 2 nitrogen and oxygen atoms in total. The summed E-state index contributed by atoms with van der Waals surface area (Å²) in [5.41, 5.74) is 4.58. The molecule has 1 aromatic carbocycles. The highest BCUT2D eigenvalue weighted by Gasteiger charge is 2.01. The first-order chi connectivity index (χ1) is 6.27. The van der Waals surface area contributed by atoms with Crippen molar-refractivity contribution in [2.75, 3.05) is 0 Å². The number of hydrogen-bond acceptors (Lipinski definition) is 2. The van der Waals surface area contributed by atoms with Crippen molar-refractivity contribution in [3.05, 3.63) is 42.0 Å². The van der Waals surface area contributed by atoms with Gasteiger partial charge in [0.25, 0.3) is 0 Å². The van der Waals surface area contributed by atoms with Crippen LogP contribution in [-0.4, -0.2) is 4.98 Å². The molecule has 2 rings (SSSR count). The van der Waals surface area contributed by atoms with Crippen LogP contribution in [0.5, 0.6) is 0 Å². The predicted octanol–water partition coefficient (Wildman–Crippen LogP) is 2.96. The van der Waals surface area contributed by atoms with E-state index in [4.69, 9.17) is 4.42 Å². The van der Waals surface area contributed by atoms with Crippen LogP contribution in [0.2, 0.25) is 0 Å². The highest BCUT2D eigenvalue weighted by molar-refractivity contribution is 5.59. The molecule has 2 heteroatoms. The molecule has 2 aromatic rings. The van der Waals surface area contributed by atoms with Crippen molar-refractivity contribution in [3.63, 3.8) is 0 Å². The lowest BCUT2D eigenvalue weighted by atomic mass is 10.1. The zero-order valence-corrected chi connectivity index (χ0v) is 7.74. The molecule has 1 aromatic heterocycles. The lowest BCUT2D eigenvalue weighted by molar-refractivity contribution is 0.558. The Kier molecular flexibility index (Phi) is 1.89. The molecule has 0 amide bonds. The van der Waals surface area contributed by atoms with Gasteiger partial charge in [-0.3, -0.25) is 0 Å². The molecule has 0 saturated carbocycles. The van der Waals surface area contributed by atoms with Gasteiger partial charge in [0.15, 0.2) is 6.39 Å². The van der Waals surface area contributed by atoms with Crippen LogP contribution in [0.4, 0.5) is 0 Å². The van der Waals surface area contributed by atoms with E-state index >= 15 is 0 Å². The largest absolute Gasteiger partial charge is 0.451 e. The molecule has 0 fully saturated rings. The minimum atomic E-state index is 0.892. The Morgan fingerprint density at radius 1 is 1.15 bits per heavy atom. The highest BCUT2D eigenvalue weighted by Crippen LogP contribution is 2.19. The van der Waals surface area contributed by atoms with E-state index in [1.165, 1.54) is 17.5 Å². The summed E-state index contributed by atoms with van der Waals surface area (Å²) in [7, 11) is 0. The first kappa shape index (κ1) is 8.05. The fourth-order valence-corrected chi connectivity index (χ4v) is 1.26. The summed E-state index contributed by atoms with van der Waals surface area (Å²) in [5, 5.41) is 0. The standard InChI is InChI=1S/C11H11NO/c1-8-3-4-10(5-9(8)2)11-6-13-7-12-11/h3-7H,1-2H3. The summed E-state index contributed by atoms with van der Waals surface area (Å²) in [6, 6.07) is 6.27. The Bertz CT molecular complexity index is 404. The van der Waals surface area contributed by atoms with E-state index in [1.807, 2.05) is 0 Å². The molecule has 1 heterocycles. The third-order valence-electron chi connectivity index (χ3n) is 2.23. The summed E-state index contributed by atoms with van der Waals surface area (Å²) in [6.07, 6.45) is 3.11. The fourth-order valence-electron chi connectivity index (χ4n) is 1.26. The molecule has 0 bridgehead atoms. The topological polar surface area (TPSA) is 26.0 Å². The quantitative estimate of drug-likeness (QED) is 0.662. The van der Waals surface area contributed by atoms with Gasteiger partial charge in [-0.05, 0) is 31.0 Å². The van der Waals surface area contributed by atoms with Crippen molar-refractivity contribution < 1.29 is 4.42 Å². The van der Waals surface area contributed by atoms with Gasteiger partial charge in [0, 0.05) is 5.56 Å². The van der Waals surface area contributed by atoms with Gasteiger partial charge < -0.3 is 4.42 Å². The number of benzene rings is 1. The van der Waals surface area contributed by atoms with Gasteiger partial charge >= 0.3 is 0 Å². The zero-order chi connectivity index (χ0) is 9.26. The van der Waals surface area contributed by atoms with Crippen LogP contribution < -0.4 is 0 Å². The third kappa shape index (κ3) is 1.47. The average molecular weight is 173 g/mol. The summed E-state index contributed by atoms with van der Waals surface area (Å²) in [5.74, 6) is 0. The Balaban J connectivity index is 2.49. The van der Waals surface area contributed by atoms with Gasteiger partial charge in [-0.2, -0.15) is 0 Å². The molecule has 0 N–H and O–H groups in total. The average Bonchev–Trinajstić information content (AvgIpc) is 2.62. The van der Waals surface area contributed by atoms with E-state index in [9.17, 15) is 0 Å². The highest BCUT2D eigenvalue weighted by atomic mass is 16.3. The summed E-state index contributed by atoms with van der Waals surface area (Å²) in [6.45, 7) is 4.20. The monoisotopic (exact) mass is 173 g/mol. The van der Waals surface area contributed by atoms with Crippen molar-refractivity contribution in [2.45, 2.75) is 13.8 Å². The first-order valence-corrected chi connectivity index (χ1v) is 4.23. The van der Waals surface area contributed by atoms with Crippen LogP contribution in [0.25, 0.3) is 11.3 Å². The van der Waals surface area contributed by atoms with Crippen LogP contribution in [-0.2, 0) is 0 Å². The van der Waals surface area contributed by atoms with Gasteiger partial charge in [0.2, 0.25) is 0 Å². The summed E-state index contributed by atoms with van der Waals surface area (Å²) >= 11 is 0. The van der Waals surface area contributed by atoms with Crippen molar-refractivity contribution in [3.8, 4) is 11.3 Å². The maximum absolute atomic E-state index is 4.93. The number of oxazole rings is 1. The normalized spacial score (nSPS) is 10.3. The van der Waals surface area contributed by atoms with E-state index < -0.39 is 0 Å². The molecule has 0 aliphatic rings. The number of hydrogen-bond donors (Lipinski definition) is 0. The molecule has 0 unspecified atom stereocenters. The first-order valence-electron chi connectivity index (χ1n) is 4.23. The number of rotatable bonds is 1. The molecule has 0 radical (unpaired) electrons. The molecule has 66 valence electrons. The van der Waals surface area contributed by atoms with Crippen molar-refractivity contribution in [1.29, 1.82) is 0 Å². The predicted molar refractivity (Wildman–Crippen MR) is 51.4 cm³/mol. The van der Waals surface area contributed by atoms with Crippen LogP contribution >= 0.6 is 0 Å². The number of aromatic nitrogens is 1. The summed E-state index contributed by atoms with van der Waals surface area (Å²) in [4.78, 5) is 4.09. The molecule has 0 aliphatic heterocycles. The lowest BCUT2D eigenvalue weighted by Crippen LogP contribution is -1.82. The van der Waals surface area contributed by atoms with Crippen LogP contribution in [0.15, 0.2) is 35.3 Å².